The molecular weight excluding hydrogens is 302 g/mol. The molecule has 4 heteroatoms. The molecule has 0 aliphatic carbocycles. The molecule has 0 spiro atoms. The fourth-order valence-electron chi connectivity index (χ4n) is 2.20. The number of carbonyl (C=O) groups is 1. The average molecular weight is 327 g/mol. The van der Waals surface area contributed by atoms with Gasteiger partial charge in [-0.05, 0) is 37.5 Å². The lowest BCUT2D eigenvalue weighted by molar-refractivity contribution is -0.129. The monoisotopic (exact) mass is 327 g/mol. The normalized spacial score (nSPS) is 12.7. The molecule has 1 amide bonds. The molecule has 0 aliphatic rings. The van der Waals surface area contributed by atoms with Crippen molar-refractivity contribution in [1.29, 1.82) is 0 Å². The van der Waals surface area contributed by atoms with Crippen molar-refractivity contribution in [2.45, 2.75) is 45.6 Å². The van der Waals surface area contributed by atoms with Crippen LogP contribution in [0, 0.1) is 0 Å². The molecule has 2 rings (SSSR count). The van der Waals surface area contributed by atoms with Gasteiger partial charge in [0, 0.05) is 6.54 Å². The Kier molecular flexibility index (Phi) is 6.12. The summed E-state index contributed by atoms with van der Waals surface area (Å²) in [5.74, 6) is -0.405. The van der Waals surface area contributed by atoms with E-state index in [1.54, 1.807) is 24.3 Å². The summed E-state index contributed by atoms with van der Waals surface area (Å²) < 4.78 is 5.76. The zero-order valence-electron chi connectivity index (χ0n) is 14.5. The van der Waals surface area contributed by atoms with Gasteiger partial charge in [-0.15, -0.1) is 0 Å². The van der Waals surface area contributed by atoms with Crippen molar-refractivity contribution >= 4 is 5.91 Å². The van der Waals surface area contributed by atoms with Gasteiger partial charge < -0.3 is 15.2 Å². The molecule has 0 aromatic heterocycles. The standard InChI is InChI=1S/C20H25NO3/c1-20(2,3)24-14-16-9-7-8-15(12-16)13-21-19(23)18(22)17-10-5-4-6-11-17/h4-12,18,22H,13-14H2,1-3H3,(H,21,23). The van der Waals surface area contributed by atoms with Crippen molar-refractivity contribution in [2.24, 2.45) is 0 Å². The van der Waals surface area contributed by atoms with Crippen LogP contribution in [-0.2, 0) is 22.7 Å². The van der Waals surface area contributed by atoms with Crippen LogP contribution in [0.2, 0.25) is 0 Å². The van der Waals surface area contributed by atoms with Crippen molar-refractivity contribution < 1.29 is 14.6 Å². The van der Waals surface area contributed by atoms with Crippen LogP contribution in [0.5, 0.6) is 0 Å². The summed E-state index contributed by atoms with van der Waals surface area (Å²) in [4.78, 5) is 12.1. The van der Waals surface area contributed by atoms with E-state index in [4.69, 9.17) is 4.74 Å². The molecule has 1 unspecified atom stereocenters. The molecule has 0 bridgehead atoms. The maximum Gasteiger partial charge on any atom is 0.253 e. The quantitative estimate of drug-likeness (QED) is 0.855. The van der Waals surface area contributed by atoms with Crippen LogP contribution in [0.1, 0.15) is 43.6 Å². The van der Waals surface area contributed by atoms with Crippen LogP contribution >= 0.6 is 0 Å². The molecule has 0 radical (unpaired) electrons. The van der Waals surface area contributed by atoms with Gasteiger partial charge in [0.25, 0.3) is 5.91 Å². The van der Waals surface area contributed by atoms with Crippen molar-refractivity contribution in [2.75, 3.05) is 0 Å². The van der Waals surface area contributed by atoms with E-state index in [0.29, 0.717) is 18.7 Å². The molecule has 4 nitrogen and oxygen atoms in total. The Morgan fingerprint density at radius 3 is 2.42 bits per heavy atom. The maximum absolute atomic E-state index is 12.1. The molecular formula is C20H25NO3. The molecule has 128 valence electrons. The smallest absolute Gasteiger partial charge is 0.253 e. The lowest BCUT2D eigenvalue weighted by Gasteiger charge is -2.19. The Morgan fingerprint density at radius 2 is 1.75 bits per heavy atom. The molecule has 0 fully saturated rings. The van der Waals surface area contributed by atoms with E-state index < -0.39 is 12.0 Å². The van der Waals surface area contributed by atoms with Crippen LogP contribution in [0.3, 0.4) is 0 Å². The topological polar surface area (TPSA) is 58.6 Å². The highest BCUT2D eigenvalue weighted by Gasteiger charge is 2.16. The third-order valence-corrected chi connectivity index (χ3v) is 3.49. The second kappa shape index (κ2) is 8.08. The number of amides is 1. The summed E-state index contributed by atoms with van der Waals surface area (Å²) in [5, 5.41) is 12.8. The van der Waals surface area contributed by atoms with Gasteiger partial charge in [0.15, 0.2) is 6.10 Å². The van der Waals surface area contributed by atoms with Gasteiger partial charge in [0.1, 0.15) is 0 Å². The van der Waals surface area contributed by atoms with E-state index in [-0.39, 0.29) is 5.60 Å². The summed E-state index contributed by atoms with van der Waals surface area (Å²) in [6, 6.07) is 16.8. The zero-order valence-corrected chi connectivity index (χ0v) is 14.5. The largest absolute Gasteiger partial charge is 0.378 e. The van der Waals surface area contributed by atoms with Crippen LogP contribution < -0.4 is 5.32 Å². The minimum Gasteiger partial charge on any atom is -0.378 e. The first-order chi connectivity index (χ1) is 11.3. The predicted molar refractivity (Wildman–Crippen MR) is 94.2 cm³/mol. The second-order valence-corrected chi connectivity index (χ2v) is 6.75. The minimum absolute atomic E-state index is 0.190. The molecule has 0 saturated heterocycles. The lowest BCUT2D eigenvalue weighted by Crippen LogP contribution is -2.28. The van der Waals surface area contributed by atoms with Gasteiger partial charge in [0.2, 0.25) is 0 Å². The van der Waals surface area contributed by atoms with Crippen molar-refractivity contribution in [3.05, 3.63) is 71.3 Å². The van der Waals surface area contributed by atoms with Crippen molar-refractivity contribution in [3.8, 4) is 0 Å². The number of ether oxygens (including phenoxy) is 1. The van der Waals surface area contributed by atoms with Crippen LogP contribution in [0.25, 0.3) is 0 Å². The van der Waals surface area contributed by atoms with Crippen LogP contribution in [0.15, 0.2) is 54.6 Å². The maximum atomic E-state index is 12.1. The number of benzene rings is 2. The lowest BCUT2D eigenvalue weighted by atomic mass is 10.1. The Morgan fingerprint density at radius 1 is 1.08 bits per heavy atom. The van der Waals surface area contributed by atoms with Gasteiger partial charge in [-0.25, -0.2) is 0 Å². The highest BCUT2D eigenvalue weighted by atomic mass is 16.5. The second-order valence-electron chi connectivity index (χ2n) is 6.75. The molecule has 2 N–H and O–H groups in total. The van der Waals surface area contributed by atoms with E-state index in [1.165, 1.54) is 0 Å². The number of carbonyl (C=O) groups excluding carboxylic acids is 1. The van der Waals surface area contributed by atoms with Crippen LogP contribution in [-0.4, -0.2) is 16.6 Å². The summed E-state index contributed by atoms with van der Waals surface area (Å²) in [7, 11) is 0. The number of aliphatic hydroxyl groups excluding tert-OH is 1. The number of rotatable bonds is 6. The highest BCUT2D eigenvalue weighted by Crippen LogP contribution is 2.14. The average Bonchev–Trinajstić information content (AvgIpc) is 2.58. The first kappa shape index (κ1) is 18.2. The fourth-order valence-corrected chi connectivity index (χ4v) is 2.20. The number of aliphatic hydroxyl groups is 1. The number of hydrogen-bond donors (Lipinski definition) is 2. The van der Waals surface area contributed by atoms with Gasteiger partial charge in [-0.2, -0.15) is 0 Å². The molecule has 1 atom stereocenters. The molecule has 0 saturated carbocycles. The summed E-state index contributed by atoms with van der Waals surface area (Å²) >= 11 is 0. The van der Waals surface area contributed by atoms with E-state index in [0.717, 1.165) is 11.1 Å². The third kappa shape index (κ3) is 5.80. The third-order valence-electron chi connectivity index (χ3n) is 3.49. The summed E-state index contributed by atoms with van der Waals surface area (Å²) in [6.45, 7) is 6.94. The number of nitrogens with one attached hydrogen (secondary N) is 1. The van der Waals surface area contributed by atoms with E-state index >= 15 is 0 Å². The van der Waals surface area contributed by atoms with Gasteiger partial charge >= 0.3 is 0 Å². The van der Waals surface area contributed by atoms with E-state index in [2.05, 4.69) is 5.32 Å². The van der Waals surface area contributed by atoms with Gasteiger partial charge in [0.05, 0.1) is 12.2 Å². The summed E-state index contributed by atoms with van der Waals surface area (Å²) in [6.07, 6.45) is -1.15. The molecule has 0 heterocycles. The fraction of sp³-hybridized carbons (Fsp3) is 0.350. The van der Waals surface area contributed by atoms with Crippen molar-refractivity contribution in [3.63, 3.8) is 0 Å². The van der Waals surface area contributed by atoms with E-state index in [1.807, 2.05) is 51.1 Å². The molecule has 2 aromatic carbocycles. The van der Waals surface area contributed by atoms with Crippen LogP contribution in [0.4, 0.5) is 0 Å². The highest BCUT2D eigenvalue weighted by molar-refractivity contribution is 5.81. The molecule has 2 aromatic rings. The Hall–Kier alpha value is -2.17. The molecule has 0 aliphatic heterocycles. The SMILES string of the molecule is CC(C)(C)OCc1cccc(CNC(=O)C(O)c2ccccc2)c1. The van der Waals surface area contributed by atoms with E-state index in [9.17, 15) is 9.90 Å². The predicted octanol–water partition coefficient (Wildman–Crippen LogP) is 3.35. The Balaban J connectivity index is 1.91. The first-order valence-electron chi connectivity index (χ1n) is 8.08. The Labute approximate surface area is 143 Å². The zero-order chi connectivity index (χ0) is 17.6. The Bertz CT molecular complexity index is 662. The first-order valence-corrected chi connectivity index (χ1v) is 8.08. The number of hydrogen-bond acceptors (Lipinski definition) is 3. The van der Waals surface area contributed by atoms with Crippen molar-refractivity contribution in [1.82, 2.24) is 5.32 Å². The van der Waals surface area contributed by atoms with Gasteiger partial charge in [-0.1, -0.05) is 54.6 Å². The summed E-state index contributed by atoms with van der Waals surface area (Å²) in [5.41, 5.74) is 2.42. The van der Waals surface area contributed by atoms with Gasteiger partial charge in [-0.3, -0.25) is 4.79 Å². The minimum atomic E-state index is -1.15. The molecule has 24 heavy (non-hydrogen) atoms.